The zero-order valence-corrected chi connectivity index (χ0v) is 17.1. The van der Waals surface area contributed by atoms with Crippen LogP contribution in [0.5, 0.6) is 5.75 Å². The molecule has 3 heterocycles. The van der Waals surface area contributed by atoms with Gasteiger partial charge in [0.2, 0.25) is 0 Å². The van der Waals surface area contributed by atoms with Gasteiger partial charge in [-0.1, -0.05) is 19.1 Å². The van der Waals surface area contributed by atoms with Gasteiger partial charge >= 0.3 is 0 Å². The first-order valence-electron chi connectivity index (χ1n) is 10.4. The molecule has 2 amide bonds. The van der Waals surface area contributed by atoms with Crippen LogP contribution in [0.2, 0.25) is 0 Å². The summed E-state index contributed by atoms with van der Waals surface area (Å²) in [5, 5.41) is 2.90. The summed E-state index contributed by atoms with van der Waals surface area (Å²) in [6, 6.07) is 7.28. The summed E-state index contributed by atoms with van der Waals surface area (Å²) in [6.45, 7) is 4.42. The van der Waals surface area contributed by atoms with Crippen molar-refractivity contribution >= 4 is 17.5 Å². The molecule has 0 bridgehead atoms. The number of carbonyl (C=O) groups is 2. The number of nitrogens with zero attached hydrogens (tertiary/aromatic N) is 3. The highest BCUT2D eigenvalue weighted by Gasteiger charge is 2.31. The SMILES string of the molecule is COc1ccccc1NC(=O)c1nc(C(=O)N2CCCC(C)C2)n2c1CCCC2. The Kier molecular flexibility index (Phi) is 5.56. The smallest absolute Gasteiger partial charge is 0.289 e. The topological polar surface area (TPSA) is 76.5 Å². The molecule has 29 heavy (non-hydrogen) atoms. The number of rotatable bonds is 4. The van der Waals surface area contributed by atoms with Crippen LogP contribution >= 0.6 is 0 Å². The Hall–Kier alpha value is -2.83. The van der Waals surface area contributed by atoms with Crippen LogP contribution in [-0.4, -0.2) is 46.5 Å². The fourth-order valence-electron chi connectivity index (χ4n) is 4.33. The number of amides is 2. The largest absolute Gasteiger partial charge is 0.495 e. The van der Waals surface area contributed by atoms with Gasteiger partial charge in [0, 0.05) is 19.6 Å². The lowest BCUT2D eigenvalue weighted by molar-refractivity contribution is 0.0664. The van der Waals surface area contributed by atoms with Crippen LogP contribution in [-0.2, 0) is 13.0 Å². The zero-order valence-electron chi connectivity index (χ0n) is 17.1. The van der Waals surface area contributed by atoms with E-state index in [1.54, 1.807) is 19.2 Å². The maximum Gasteiger partial charge on any atom is 0.289 e. The third kappa shape index (κ3) is 3.86. The van der Waals surface area contributed by atoms with Crippen LogP contribution in [0, 0.1) is 5.92 Å². The maximum atomic E-state index is 13.2. The minimum Gasteiger partial charge on any atom is -0.495 e. The van der Waals surface area contributed by atoms with E-state index in [0.29, 0.717) is 28.9 Å². The lowest BCUT2D eigenvalue weighted by Crippen LogP contribution is -2.40. The molecule has 0 spiro atoms. The summed E-state index contributed by atoms with van der Waals surface area (Å²) in [5.41, 5.74) is 1.80. The van der Waals surface area contributed by atoms with Crippen molar-refractivity contribution in [3.05, 3.63) is 41.5 Å². The molecule has 1 aromatic carbocycles. The fourth-order valence-corrected chi connectivity index (χ4v) is 4.33. The van der Waals surface area contributed by atoms with Crippen molar-refractivity contribution in [1.82, 2.24) is 14.5 Å². The van der Waals surface area contributed by atoms with E-state index in [1.165, 1.54) is 0 Å². The molecule has 1 N–H and O–H groups in total. The van der Waals surface area contributed by atoms with Gasteiger partial charge in [0.05, 0.1) is 18.5 Å². The first kappa shape index (κ1) is 19.5. The molecule has 2 aliphatic rings. The Morgan fingerprint density at radius 2 is 2.00 bits per heavy atom. The van der Waals surface area contributed by atoms with Gasteiger partial charge in [-0.3, -0.25) is 9.59 Å². The molecule has 1 fully saturated rings. The molecule has 4 rings (SSSR count). The highest BCUT2D eigenvalue weighted by molar-refractivity contribution is 6.05. The number of ether oxygens (including phenoxy) is 1. The number of hydrogen-bond acceptors (Lipinski definition) is 4. The Labute approximate surface area is 171 Å². The third-order valence-corrected chi connectivity index (χ3v) is 5.82. The molecule has 0 radical (unpaired) electrons. The molecule has 1 unspecified atom stereocenters. The molecule has 2 aromatic rings. The van der Waals surface area contributed by atoms with Crippen molar-refractivity contribution in [2.45, 2.75) is 45.6 Å². The molecule has 0 saturated carbocycles. The second kappa shape index (κ2) is 8.27. The van der Waals surface area contributed by atoms with Crippen LogP contribution in [0.25, 0.3) is 0 Å². The van der Waals surface area contributed by atoms with Crippen molar-refractivity contribution in [1.29, 1.82) is 0 Å². The number of para-hydroxylation sites is 2. The lowest BCUT2D eigenvalue weighted by Gasteiger charge is -2.31. The molecule has 2 aliphatic heterocycles. The number of anilines is 1. The van der Waals surface area contributed by atoms with E-state index in [0.717, 1.165) is 57.4 Å². The van der Waals surface area contributed by atoms with E-state index in [1.807, 2.05) is 21.6 Å². The minimum atomic E-state index is -0.300. The van der Waals surface area contributed by atoms with Crippen molar-refractivity contribution in [2.24, 2.45) is 5.92 Å². The van der Waals surface area contributed by atoms with E-state index < -0.39 is 0 Å². The van der Waals surface area contributed by atoms with Crippen molar-refractivity contribution < 1.29 is 14.3 Å². The van der Waals surface area contributed by atoms with Crippen LogP contribution in [0.1, 0.15) is 59.4 Å². The molecule has 154 valence electrons. The first-order valence-corrected chi connectivity index (χ1v) is 10.4. The lowest BCUT2D eigenvalue weighted by atomic mass is 10.0. The highest BCUT2D eigenvalue weighted by atomic mass is 16.5. The fraction of sp³-hybridized carbons (Fsp3) is 0.500. The molecule has 7 nitrogen and oxygen atoms in total. The van der Waals surface area contributed by atoms with Crippen LogP contribution < -0.4 is 10.1 Å². The molecule has 1 saturated heterocycles. The zero-order chi connectivity index (χ0) is 20.4. The number of carbonyl (C=O) groups excluding carboxylic acids is 2. The summed E-state index contributed by atoms with van der Waals surface area (Å²) in [5.74, 6) is 1.13. The van der Waals surface area contributed by atoms with Crippen molar-refractivity contribution in [3.63, 3.8) is 0 Å². The van der Waals surface area contributed by atoms with E-state index in [2.05, 4.69) is 17.2 Å². The standard InChI is InChI=1S/C22H28N4O3/c1-15-8-7-12-25(14-15)22(28)20-24-19(17-10-5-6-13-26(17)20)21(27)23-16-9-3-4-11-18(16)29-2/h3-4,9,11,15H,5-8,10,12-14H2,1-2H3,(H,23,27). The first-order chi connectivity index (χ1) is 14.1. The molecule has 7 heteroatoms. The number of benzene rings is 1. The minimum absolute atomic E-state index is 0.0592. The number of aromatic nitrogens is 2. The summed E-state index contributed by atoms with van der Waals surface area (Å²) in [4.78, 5) is 32.7. The quantitative estimate of drug-likeness (QED) is 0.860. The van der Waals surface area contributed by atoms with Gasteiger partial charge in [-0.05, 0) is 50.2 Å². The summed E-state index contributed by atoms with van der Waals surface area (Å²) >= 11 is 0. The second-order valence-electron chi connectivity index (χ2n) is 7.99. The van der Waals surface area contributed by atoms with E-state index in [-0.39, 0.29) is 11.8 Å². The molecular weight excluding hydrogens is 368 g/mol. The van der Waals surface area contributed by atoms with Crippen molar-refractivity contribution in [3.8, 4) is 5.75 Å². The Bertz CT molecular complexity index is 921. The number of hydrogen-bond donors (Lipinski definition) is 1. The van der Waals surface area contributed by atoms with Crippen LogP contribution in [0.3, 0.4) is 0 Å². The summed E-state index contributed by atoms with van der Waals surface area (Å²) < 4.78 is 7.29. The normalized spacial score (nSPS) is 18.8. The average Bonchev–Trinajstić information content (AvgIpc) is 3.13. The van der Waals surface area contributed by atoms with Gasteiger partial charge in [0.25, 0.3) is 11.8 Å². The monoisotopic (exact) mass is 396 g/mol. The van der Waals surface area contributed by atoms with Gasteiger partial charge in [-0.2, -0.15) is 0 Å². The van der Waals surface area contributed by atoms with Gasteiger partial charge in [-0.25, -0.2) is 4.98 Å². The van der Waals surface area contributed by atoms with Gasteiger partial charge in [0.1, 0.15) is 5.75 Å². The number of nitrogens with one attached hydrogen (secondary N) is 1. The van der Waals surface area contributed by atoms with E-state index in [9.17, 15) is 9.59 Å². The summed E-state index contributed by atoms with van der Waals surface area (Å²) in [7, 11) is 1.57. The predicted octanol–water partition coefficient (Wildman–Crippen LogP) is 3.35. The van der Waals surface area contributed by atoms with Gasteiger partial charge < -0.3 is 19.5 Å². The maximum absolute atomic E-state index is 13.2. The number of methoxy groups -OCH3 is 1. The van der Waals surface area contributed by atoms with Gasteiger partial charge in [-0.15, -0.1) is 0 Å². The van der Waals surface area contributed by atoms with Crippen LogP contribution in [0.15, 0.2) is 24.3 Å². The van der Waals surface area contributed by atoms with Crippen LogP contribution in [0.4, 0.5) is 5.69 Å². The molecular formula is C22H28N4O3. The number of imidazole rings is 1. The summed E-state index contributed by atoms with van der Waals surface area (Å²) in [6.07, 6.45) is 4.91. The predicted molar refractivity (Wildman–Crippen MR) is 110 cm³/mol. The average molecular weight is 396 g/mol. The Morgan fingerprint density at radius 1 is 1.17 bits per heavy atom. The molecule has 0 aliphatic carbocycles. The van der Waals surface area contributed by atoms with Crippen molar-refractivity contribution in [2.75, 3.05) is 25.5 Å². The van der Waals surface area contributed by atoms with E-state index >= 15 is 0 Å². The number of likely N-dealkylation sites (tertiary alicyclic amines) is 1. The second-order valence-corrected chi connectivity index (χ2v) is 7.99. The third-order valence-electron chi connectivity index (χ3n) is 5.82. The number of fused-ring (bicyclic) bond motifs is 1. The number of piperidine rings is 1. The molecule has 1 aromatic heterocycles. The highest BCUT2D eigenvalue weighted by Crippen LogP contribution is 2.27. The molecule has 1 atom stereocenters. The van der Waals surface area contributed by atoms with E-state index in [4.69, 9.17) is 4.74 Å². The Balaban J connectivity index is 1.64. The van der Waals surface area contributed by atoms with Gasteiger partial charge in [0.15, 0.2) is 11.5 Å². The Morgan fingerprint density at radius 3 is 2.79 bits per heavy atom.